The SMILES string of the molecule is CCCCC1=NCCC(c2ccc(F)cc2)=C1. The molecule has 0 N–H and O–H groups in total. The lowest BCUT2D eigenvalue weighted by molar-refractivity contribution is 0.627. The molecule has 90 valence electrons. The van der Waals surface area contributed by atoms with Gasteiger partial charge in [0.25, 0.3) is 0 Å². The van der Waals surface area contributed by atoms with Crippen LogP contribution in [0.15, 0.2) is 35.3 Å². The highest BCUT2D eigenvalue weighted by atomic mass is 19.1. The number of benzene rings is 1. The molecule has 0 atom stereocenters. The molecular weight excluding hydrogens is 213 g/mol. The third kappa shape index (κ3) is 3.26. The summed E-state index contributed by atoms with van der Waals surface area (Å²) in [6, 6.07) is 6.75. The molecule has 1 nitrogen and oxygen atoms in total. The summed E-state index contributed by atoms with van der Waals surface area (Å²) in [7, 11) is 0. The second kappa shape index (κ2) is 5.76. The zero-order chi connectivity index (χ0) is 12.1. The van der Waals surface area contributed by atoms with Crippen LogP contribution in [0.4, 0.5) is 4.39 Å². The average molecular weight is 231 g/mol. The van der Waals surface area contributed by atoms with E-state index in [1.165, 1.54) is 36.3 Å². The first-order valence-electron chi connectivity index (χ1n) is 6.29. The van der Waals surface area contributed by atoms with Crippen molar-refractivity contribution in [3.05, 3.63) is 41.7 Å². The van der Waals surface area contributed by atoms with E-state index in [0.29, 0.717) is 0 Å². The van der Waals surface area contributed by atoms with Gasteiger partial charge in [-0.3, -0.25) is 4.99 Å². The Balaban J connectivity index is 2.13. The quantitative estimate of drug-likeness (QED) is 0.734. The van der Waals surface area contributed by atoms with Crippen LogP contribution in [0, 0.1) is 5.82 Å². The Morgan fingerprint density at radius 1 is 1.24 bits per heavy atom. The number of halogens is 1. The molecule has 0 radical (unpaired) electrons. The molecule has 0 bridgehead atoms. The number of hydrogen-bond acceptors (Lipinski definition) is 1. The minimum absolute atomic E-state index is 0.176. The van der Waals surface area contributed by atoms with Crippen molar-refractivity contribution in [1.82, 2.24) is 0 Å². The molecule has 0 aliphatic carbocycles. The van der Waals surface area contributed by atoms with Gasteiger partial charge in [-0.05, 0) is 48.6 Å². The van der Waals surface area contributed by atoms with Gasteiger partial charge in [-0.1, -0.05) is 25.5 Å². The number of rotatable bonds is 4. The van der Waals surface area contributed by atoms with Crippen LogP contribution in [0.1, 0.15) is 38.2 Å². The van der Waals surface area contributed by atoms with Crippen molar-refractivity contribution in [3.8, 4) is 0 Å². The fourth-order valence-electron chi connectivity index (χ4n) is 2.04. The summed E-state index contributed by atoms with van der Waals surface area (Å²) < 4.78 is 12.9. The molecule has 0 saturated carbocycles. The predicted molar refractivity (Wildman–Crippen MR) is 70.8 cm³/mol. The van der Waals surface area contributed by atoms with Crippen LogP contribution < -0.4 is 0 Å². The van der Waals surface area contributed by atoms with Crippen LogP contribution in [-0.2, 0) is 0 Å². The van der Waals surface area contributed by atoms with Crippen molar-refractivity contribution in [2.45, 2.75) is 32.6 Å². The Morgan fingerprint density at radius 3 is 2.71 bits per heavy atom. The number of hydrogen-bond donors (Lipinski definition) is 0. The largest absolute Gasteiger partial charge is 0.289 e. The summed E-state index contributed by atoms with van der Waals surface area (Å²) in [6.45, 7) is 3.05. The summed E-state index contributed by atoms with van der Waals surface area (Å²) in [5.74, 6) is -0.176. The van der Waals surface area contributed by atoms with Crippen LogP contribution in [0.2, 0.25) is 0 Å². The maximum atomic E-state index is 12.9. The van der Waals surface area contributed by atoms with Gasteiger partial charge in [-0.2, -0.15) is 0 Å². The van der Waals surface area contributed by atoms with Gasteiger partial charge in [0.2, 0.25) is 0 Å². The Bertz CT molecular complexity index is 429. The predicted octanol–water partition coefficient (Wildman–Crippen LogP) is 4.24. The molecule has 0 spiro atoms. The molecule has 17 heavy (non-hydrogen) atoms. The minimum atomic E-state index is -0.176. The van der Waals surface area contributed by atoms with Crippen LogP contribution in [0.25, 0.3) is 5.57 Å². The molecule has 0 aromatic heterocycles. The molecule has 2 heteroatoms. The number of unbranched alkanes of at least 4 members (excludes halogenated alkanes) is 1. The van der Waals surface area contributed by atoms with Crippen LogP contribution >= 0.6 is 0 Å². The van der Waals surface area contributed by atoms with Crippen molar-refractivity contribution in [3.63, 3.8) is 0 Å². The van der Waals surface area contributed by atoms with E-state index in [9.17, 15) is 4.39 Å². The van der Waals surface area contributed by atoms with Gasteiger partial charge in [0, 0.05) is 12.3 Å². The summed E-state index contributed by atoms with van der Waals surface area (Å²) in [5.41, 5.74) is 3.60. The molecule has 1 heterocycles. The molecular formula is C15H18FN. The zero-order valence-corrected chi connectivity index (χ0v) is 10.2. The van der Waals surface area contributed by atoms with Crippen molar-refractivity contribution < 1.29 is 4.39 Å². The van der Waals surface area contributed by atoms with E-state index in [4.69, 9.17) is 0 Å². The molecule has 1 aliphatic rings. The van der Waals surface area contributed by atoms with Crippen molar-refractivity contribution in [2.24, 2.45) is 4.99 Å². The van der Waals surface area contributed by atoms with Crippen molar-refractivity contribution >= 4 is 11.3 Å². The number of allylic oxidation sites excluding steroid dienone is 1. The molecule has 0 amide bonds. The van der Waals surface area contributed by atoms with Crippen LogP contribution in [0.5, 0.6) is 0 Å². The molecule has 0 unspecified atom stereocenters. The van der Waals surface area contributed by atoms with Crippen LogP contribution in [0.3, 0.4) is 0 Å². The highest BCUT2D eigenvalue weighted by Gasteiger charge is 2.08. The van der Waals surface area contributed by atoms with Gasteiger partial charge in [0.15, 0.2) is 0 Å². The van der Waals surface area contributed by atoms with Crippen molar-refractivity contribution in [2.75, 3.05) is 6.54 Å². The molecule has 2 rings (SSSR count). The first-order chi connectivity index (χ1) is 8.29. The Kier molecular flexibility index (Phi) is 4.08. The first kappa shape index (κ1) is 12.0. The maximum Gasteiger partial charge on any atom is 0.123 e. The lowest BCUT2D eigenvalue weighted by atomic mass is 9.97. The highest BCUT2D eigenvalue weighted by Crippen LogP contribution is 2.22. The van der Waals surface area contributed by atoms with E-state index in [1.807, 2.05) is 12.1 Å². The first-order valence-corrected chi connectivity index (χ1v) is 6.29. The van der Waals surface area contributed by atoms with Gasteiger partial charge in [-0.25, -0.2) is 4.39 Å². The van der Waals surface area contributed by atoms with Crippen molar-refractivity contribution in [1.29, 1.82) is 0 Å². The van der Waals surface area contributed by atoms with Gasteiger partial charge < -0.3 is 0 Å². The Hall–Kier alpha value is -1.44. The molecule has 0 saturated heterocycles. The lowest BCUT2D eigenvalue weighted by Crippen LogP contribution is -2.04. The topological polar surface area (TPSA) is 12.4 Å². The third-order valence-electron chi connectivity index (χ3n) is 3.04. The molecule has 1 aliphatic heterocycles. The number of dihydropyridines is 1. The fourth-order valence-corrected chi connectivity index (χ4v) is 2.04. The van der Waals surface area contributed by atoms with E-state index in [0.717, 1.165) is 24.9 Å². The van der Waals surface area contributed by atoms with E-state index in [-0.39, 0.29) is 5.82 Å². The van der Waals surface area contributed by atoms with E-state index < -0.39 is 0 Å². The molecule has 1 aromatic carbocycles. The maximum absolute atomic E-state index is 12.9. The van der Waals surface area contributed by atoms with E-state index in [1.54, 1.807) is 0 Å². The summed E-state index contributed by atoms with van der Waals surface area (Å²) >= 11 is 0. The number of nitrogens with zero attached hydrogens (tertiary/aromatic N) is 1. The summed E-state index contributed by atoms with van der Waals surface area (Å²) in [5, 5.41) is 0. The van der Waals surface area contributed by atoms with Gasteiger partial charge >= 0.3 is 0 Å². The average Bonchev–Trinajstić information content (AvgIpc) is 2.37. The lowest BCUT2D eigenvalue weighted by Gasteiger charge is -2.13. The Morgan fingerprint density at radius 2 is 2.00 bits per heavy atom. The second-order valence-electron chi connectivity index (χ2n) is 4.40. The minimum Gasteiger partial charge on any atom is -0.289 e. The smallest absolute Gasteiger partial charge is 0.123 e. The summed E-state index contributed by atoms with van der Waals surface area (Å²) in [4.78, 5) is 4.53. The summed E-state index contributed by atoms with van der Waals surface area (Å²) in [6.07, 6.45) is 6.57. The van der Waals surface area contributed by atoms with Gasteiger partial charge in [0.05, 0.1) is 0 Å². The highest BCUT2D eigenvalue weighted by molar-refractivity contribution is 6.02. The zero-order valence-electron chi connectivity index (χ0n) is 10.2. The monoisotopic (exact) mass is 231 g/mol. The third-order valence-corrected chi connectivity index (χ3v) is 3.04. The standard InChI is InChI=1S/C15H18FN/c1-2-3-4-15-11-13(9-10-17-15)12-5-7-14(16)8-6-12/h5-8,11H,2-4,9-10H2,1H3. The van der Waals surface area contributed by atoms with E-state index >= 15 is 0 Å². The number of aliphatic imine (C=N–C) groups is 1. The molecule has 1 aromatic rings. The normalized spacial score (nSPS) is 15.4. The fraction of sp³-hybridized carbons (Fsp3) is 0.400. The van der Waals surface area contributed by atoms with Crippen LogP contribution in [-0.4, -0.2) is 12.3 Å². The van der Waals surface area contributed by atoms with Gasteiger partial charge in [-0.15, -0.1) is 0 Å². The van der Waals surface area contributed by atoms with Gasteiger partial charge in [0.1, 0.15) is 5.82 Å². The molecule has 0 fully saturated rings. The Labute approximate surface area is 102 Å². The van der Waals surface area contributed by atoms with E-state index in [2.05, 4.69) is 18.0 Å². The second-order valence-corrected chi connectivity index (χ2v) is 4.40.